The van der Waals surface area contributed by atoms with Gasteiger partial charge in [0.2, 0.25) is 5.95 Å². The van der Waals surface area contributed by atoms with E-state index in [1.807, 2.05) is 24.3 Å². The lowest BCUT2D eigenvalue weighted by Gasteiger charge is -2.37. The first-order valence-electron chi connectivity index (χ1n) is 11.8. The average Bonchev–Trinajstić information content (AvgIpc) is 2.88. The van der Waals surface area contributed by atoms with Crippen molar-refractivity contribution in [3.05, 3.63) is 35.9 Å². The van der Waals surface area contributed by atoms with Gasteiger partial charge in [0.25, 0.3) is 0 Å². The van der Waals surface area contributed by atoms with Gasteiger partial charge < -0.3 is 30.4 Å². The summed E-state index contributed by atoms with van der Waals surface area (Å²) in [7, 11) is 0. The van der Waals surface area contributed by atoms with E-state index in [0.29, 0.717) is 44.6 Å². The molecule has 2 aliphatic heterocycles. The number of hydrogen-bond acceptors (Lipinski definition) is 10. The standard InChI is InChI=1S/C24H32N8O2/c1-15-13-33-9-7-31(15)23-19-4-6-20(17-3-5-21(30-26)18(11-17)12-25)27-22(19)28-24(29-23)32-8-10-34-14-16(32)2/h3-6,11,15-16,30H,7-10,12-14,25-26H2,1-2H3/t15-,16-/m0/s1. The summed E-state index contributed by atoms with van der Waals surface area (Å²) in [5.74, 6) is 7.21. The van der Waals surface area contributed by atoms with Crippen molar-refractivity contribution in [1.29, 1.82) is 0 Å². The third-order valence-electron chi connectivity index (χ3n) is 6.57. The Kier molecular flexibility index (Phi) is 6.46. The predicted molar refractivity (Wildman–Crippen MR) is 134 cm³/mol. The zero-order chi connectivity index (χ0) is 23.7. The molecule has 0 unspecified atom stereocenters. The Morgan fingerprint density at radius 1 is 0.971 bits per heavy atom. The van der Waals surface area contributed by atoms with Crippen molar-refractivity contribution in [2.75, 3.05) is 54.7 Å². The minimum absolute atomic E-state index is 0.188. The first kappa shape index (κ1) is 22.7. The maximum Gasteiger partial charge on any atom is 0.229 e. The highest BCUT2D eigenvalue weighted by atomic mass is 16.5. The first-order chi connectivity index (χ1) is 16.6. The van der Waals surface area contributed by atoms with E-state index in [1.165, 1.54) is 0 Å². The second-order valence-electron chi connectivity index (χ2n) is 8.87. The van der Waals surface area contributed by atoms with E-state index in [-0.39, 0.29) is 12.1 Å². The molecule has 2 atom stereocenters. The third-order valence-corrected chi connectivity index (χ3v) is 6.57. The van der Waals surface area contributed by atoms with Gasteiger partial charge in [-0.05, 0) is 43.7 Å². The molecule has 2 saturated heterocycles. The molecule has 180 valence electrons. The highest BCUT2D eigenvalue weighted by Crippen LogP contribution is 2.32. The van der Waals surface area contributed by atoms with Crippen molar-refractivity contribution in [2.24, 2.45) is 11.6 Å². The Morgan fingerprint density at radius 3 is 2.38 bits per heavy atom. The van der Waals surface area contributed by atoms with Crippen LogP contribution in [0.25, 0.3) is 22.3 Å². The summed E-state index contributed by atoms with van der Waals surface area (Å²) >= 11 is 0. The molecule has 0 spiro atoms. The zero-order valence-corrected chi connectivity index (χ0v) is 19.7. The molecule has 0 radical (unpaired) electrons. The van der Waals surface area contributed by atoms with E-state index in [9.17, 15) is 0 Å². The van der Waals surface area contributed by atoms with Gasteiger partial charge in [0, 0.05) is 25.2 Å². The van der Waals surface area contributed by atoms with E-state index in [4.69, 9.17) is 36.0 Å². The number of nitrogens with two attached hydrogens (primary N) is 2. The van der Waals surface area contributed by atoms with Crippen LogP contribution in [0, 0.1) is 0 Å². The molecule has 1 aromatic carbocycles. The van der Waals surface area contributed by atoms with Crippen molar-refractivity contribution < 1.29 is 9.47 Å². The smallest absolute Gasteiger partial charge is 0.229 e. The number of benzene rings is 1. The quantitative estimate of drug-likeness (QED) is 0.380. The number of hydrazine groups is 1. The van der Waals surface area contributed by atoms with E-state index in [1.54, 1.807) is 0 Å². The van der Waals surface area contributed by atoms with Gasteiger partial charge in [0.15, 0.2) is 5.65 Å². The summed E-state index contributed by atoms with van der Waals surface area (Å²) in [5.41, 5.74) is 12.8. The van der Waals surface area contributed by atoms with Gasteiger partial charge in [-0.15, -0.1) is 0 Å². The predicted octanol–water partition coefficient (Wildman–Crippen LogP) is 1.89. The minimum Gasteiger partial charge on any atom is -0.377 e. The van der Waals surface area contributed by atoms with Gasteiger partial charge in [0.1, 0.15) is 5.82 Å². The molecular weight excluding hydrogens is 432 g/mol. The molecule has 34 heavy (non-hydrogen) atoms. The molecular formula is C24H32N8O2. The molecule has 5 rings (SSSR count). The zero-order valence-electron chi connectivity index (χ0n) is 19.7. The molecule has 0 aliphatic carbocycles. The van der Waals surface area contributed by atoms with E-state index >= 15 is 0 Å². The Bertz CT molecular complexity index is 1170. The number of nitrogens with zero attached hydrogens (tertiary/aromatic N) is 5. The number of rotatable bonds is 5. The average molecular weight is 465 g/mol. The maximum atomic E-state index is 5.93. The maximum absolute atomic E-state index is 5.93. The topological polar surface area (TPSA) is 128 Å². The highest BCUT2D eigenvalue weighted by molar-refractivity contribution is 5.90. The summed E-state index contributed by atoms with van der Waals surface area (Å²) in [6, 6.07) is 10.4. The van der Waals surface area contributed by atoms with Crippen LogP contribution >= 0.6 is 0 Å². The van der Waals surface area contributed by atoms with Crippen LogP contribution in [0.5, 0.6) is 0 Å². The van der Waals surface area contributed by atoms with E-state index in [2.05, 4.69) is 35.1 Å². The molecule has 10 nitrogen and oxygen atoms in total. The lowest BCUT2D eigenvalue weighted by atomic mass is 10.1. The normalized spacial score (nSPS) is 21.2. The summed E-state index contributed by atoms with van der Waals surface area (Å²) in [5, 5.41) is 0.932. The van der Waals surface area contributed by atoms with Crippen molar-refractivity contribution in [2.45, 2.75) is 32.5 Å². The van der Waals surface area contributed by atoms with Crippen molar-refractivity contribution in [1.82, 2.24) is 15.0 Å². The van der Waals surface area contributed by atoms with Crippen LogP contribution in [0.15, 0.2) is 30.3 Å². The minimum atomic E-state index is 0.188. The largest absolute Gasteiger partial charge is 0.377 e. The van der Waals surface area contributed by atoms with Crippen molar-refractivity contribution in [3.63, 3.8) is 0 Å². The molecule has 0 bridgehead atoms. The van der Waals surface area contributed by atoms with Gasteiger partial charge in [0.05, 0.1) is 55.3 Å². The lowest BCUT2D eigenvalue weighted by molar-refractivity contribution is 0.0973. The van der Waals surface area contributed by atoms with Crippen molar-refractivity contribution >= 4 is 28.5 Å². The molecule has 0 amide bonds. The number of morpholine rings is 2. The Labute approximate surface area is 199 Å². The first-order valence-corrected chi connectivity index (χ1v) is 11.8. The fraction of sp³-hybridized carbons (Fsp3) is 0.458. The second-order valence-corrected chi connectivity index (χ2v) is 8.87. The SMILES string of the molecule is C[C@H]1COCCN1c1nc(N2CCOC[C@@H]2C)c2ccc(-c3ccc(NN)c(CN)c3)nc2n1. The van der Waals surface area contributed by atoms with Crippen LogP contribution in [0.4, 0.5) is 17.5 Å². The Morgan fingerprint density at radius 2 is 1.71 bits per heavy atom. The van der Waals surface area contributed by atoms with Crippen LogP contribution < -0.4 is 26.8 Å². The number of pyridine rings is 1. The van der Waals surface area contributed by atoms with Gasteiger partial charge >= 0.3 is 0 Å². The Balaban J connectivity index is 1.64. The van der Waals surface area contributed by atoms with Gasteiger partial charge in [-0.2, -0.15) is 9.97 Å². The van der Waals surface area contributed by atoms with E-state index < -0.39 is 0 Å². The number of aromatic nitrogens is 3. The fourth-order valence-electron chi connectivity index (χ4n) is 4.62. The van der Waals surface area contributed by atoms with Crippen LogP contribution in [0.1, 0.15) is 19.4 Å². The molecule has 2 fully saturated rings. The highest BCUT2D eigenvalue weighted by Gasteiger charge is 2.27. The summed E-state index contributed by atoms with van der Waals surface area (Å²) in [6.07, 6.45) is 0. The Hall–Kier alpha value is -3.05. The molecule has 3 aromatic rings. The number of hydrogen-bond donors (Lipinski definition) is 3. The van der Waals surface area contributed by atoms with E-state index in [0.717, 1.165) is 46.8 Å². The number of anilines is 3. The molecule has 10 heteroatoms. The summed E-state index contributed by atoms with van der Waals surface area (Å²) < 4.78 is 11.3. The number of fused-ring (bicyclic) bond motifs is 1. The van der Waals surface area contributed by atoms with Crippen LogP contribution in [0.3, 0.4) is 0 Å². The van der Waals surface area contributed by atoms with Gasteiger partial charge in [-0.3, -0.25) is 5.84 Å². The molecule has 2 aromatic heterocycles. The van der Waals surface area contributed by atoms with Crippen LogP contribution in [-0.4, -0.2) is 66.6 Å². The number of nitrogen functional groups attached to an aromatic ring is 1. The second kappa shape index (κ2) is 9.67. The molecule has 5 N–H and O–H groups in total. The summed E-state index contributed by atoms with van der Waals surface area (Å²) in [6.45, 7) is 8.85. The summed E-state index contributed by atoms with van der Waals surface area (Å²) in [4.78, 5) is 19.5. The van der Waals surface area contributed by atoms with Crippen LogP contribution in [-0.2, 0) is 16.0 Å². The molecule has 0 saturated carbocycles. The molecule has 4 heterocycles. The number of ether oxygens (including phenoxy) is 2. The van der Waals surface area contributed by atoms with Crippen molar-refractivity contribution in [3.8, 4) is 11.3 Å². The fourth-order valence-corrected chi connectivity index (χ4v) is 4.62. The number of nitrogens with one attached hydrogen (secondary N) is 1. The van der Waals surface area contributed by atoms with Gasteiger partial charge in [-0.25, -0.2) is 4.98 Å². The van der Waals surface area contributed by atoms with Crippen LogP contribution in [0.2, 0.25) is 0 Å². The third kappa shape index (κ3) is 4.25. The monoisotopic (exact) mass is 464 g/mol. The molecule has 2 aliphatic rings. The lowest BCUT2D eigenvalue weighted by Crippen LogP contribution is -2.46. The van der Waals surface area contributed by atoms with Gasteiger partial charge in [-0.1, -0.05) is 6.07 Å².